The Labute approximate surface area is 128 Å². The van der Waals surface area contributed by atoms with Gasteiger partial charge in [-0.2, -0.15) is 5.10 Å². The Balaban J connectivity index is 1.80. The topological polar surface area (TPSA) is 47.1 Å². The number of imidazole rings is 1. The number of thiazole rings is 1. The van der Waals surface area contributed by atoms with Crippen LogP contribution in [-0.4, -0.2) is 19.2 Å². The number of nitrogens with zero attached hydrogens (tertiary/aromatic N) is 4. The predicted molar refractivity (Wildman–Crippen MR) is 85.7 cm³/mol. The van der Waals surface area contributed by atoms with Crippen LogP contribution in [0.5, 0.6) is 0 Å². The van der Waals surface area contributed by atoms with Crippen molar-refractivity contribution < 1.29 is 0 Å². The number of rotatable bonds is 4. The third-order valence-corrected chi connectivity index (χ3v) is 4.95. The second kappa shape index (κ2) is 5.27. The van der Waals surface area contributed by atoms with Crippen molar-refractivity contribution in [2.75, 3.05) is 0 Å². The molecule has 112 valence electrons. The summed E-state index contributed by atoms with van der Waals surface area (Å²) >= 11 is 1.73. The summed E-state index contributed by atoms with van der Waals surface area (Å²) in [6, 6.07) is 0.267. The molecule has 0 saturated carbocycles. The van der Waals surface area contributed by atoms with Crippen LogP contribution in [0.1, 0.15) is 40.5 Å². The Morgan fingerprint density at radius 3 is 2.76 bits per heavy atom. The summed E-state index contributed by atoms with van der Waals surface area (Å²) in [5.41, 5.74) is 4.79. The zero-order valence-corrected chi connectivity index (χ0v) is 14.0. The number of aromatic nitrogens is 4. The summed E-state index contributed by atoms with van der Waals surface area (Å²) in [6.45, 7) is 9.28. The summed E-state index contributed by atoms with van der Waals surface area (Å²) in [4.78, 5) is 6.99. The molecule has 3 aromatic rings. The average Bonchev–Trinajstić information content (AvgIpc) is 3.02. The van der Waals surface area contributed by atoms with Gasteiger partial charge in [-0.15, -0.1) is 11.3 Å². The lowest BCUT2D eigenvalue weighted by atomic mass is 10.1. The molecule has 3 rings (SSSR count). The van der Waals surface area contributed by atoms with Crippen molar-refractivity contribution in [1.29, 1.82) is 0 Å². The van der Waals surface area contributed by atoms with Gasteiger partial charge in [-0.25, -0.2) is 4.98 Å². The molecule has 0 aliphatic heterocycles. The fraction of sp³-hybridized carbons (Fsp3) is 0.467. The van der Waals surface area contributed by atoms with Crippen LogP contribution in [0, 0.1) is 20.8 Å². The van der Waals surface area contributed by atoms with Crippen LogP contribution in [0.25, 0.3) is 4.96 Å². The van der Waals surface area contributed by atoms with E-state index in [1.54, 1.807) is 11.3 Å². The summed E-state index contributed by atoms with van der Waals surface area (Å²) < 4.78 is 4.11. The lowest BCUT2D eigenvalue weighted by Crippen LogP contribution is -2.20. The van der Waals surface area contributed by atoms with Gasteiger partial charge in [0.1, 0.15) is 0 Å². The zero-order valence-electron chi connectivity index (χ0n) is 13.1. The predicted octanol–water partition coefficient (Wildman–Crippen LogP) is 2.91. The van der Waals surface area contributed by atoms with Gasteiger partial charge in [0.25, 0.3) is 0 Å². The van der Waals surface area contributed by atoms with Gasteiger partial charge < -0.3 is 5.32 Å². The molecule has 1 unspecified atom stereocenters. The minimum Gasteiger partial charge on any atom is -0.304 e. The molecule has 0 aromatic carbocycles. The first-order chi connectivity index (χ1) is 9.97. The van der Waals surface area contributed by atoms with Crippen LogP contribution < -0.4 is 5.32 Å². The molecule has 0 aliphatic carbocycles. The Bertz CT molecular complexity index is 780. The van der Waals surface area contributed by atoms with Crippen LogP contribution in [0.15, 0.2) is 12.4 Å². The molecule has 0 radical (unpaired) electrons. The van der Waals surface area contributed by atoms with Crippen LogP contribution in [0.2, 0.25) is 0 Å². The fourth-order valence-electron chi connectivity index (χ4n) is 2.62. The van der Waals surface area contributed by atoms with Crippen LogP contribution in [0.3, 0.4) is 0 Å². The SMILES string of the molecule is Cc1cn2c(CNC(C)c3cnn(C)c3C)c(C)nc2s1. The third kappa shape index (κ3) is 2.49. The lowest BCUT2D eigenvalue weighted by molar-refractivity contribution is 0.560. The standard InChI is InChI=1S/C15H21N5S/c1-9-8-20-14(11(3)18-15(20)21-9)7-16-10(2)13-6-17-19(5)12(13)4/h6,8,10,16H,7H2,1-5H3. The van der Waals surface area contributed by atoms with Crippen molar-refractivity contribution in [3.8, 4) is 0 Å². The van der Waals surface area contributed by atoms with E-state index >= 15 is 0 Å². The average molecular weight is 303 g/mol. The molecule has 3 heterocycles. The monoisotopic (exact) mass is 303 g/mol. The highest BCUT2D eigenvalue weighted by Crippen LogP contribution is 2.22. The highest BCUT2D eigenvalue weighted by atomic mass is 32.1. The van der Waals surface area contributed by atoms with Crippen molar-refractivity contribution in [1.82, 2.24) is 24.5 Å². The highest BCUT2D eigenvalue weighted by Gasteiger charge is 2.15. The van der Waals surface area contributed by atoms with Crippen LogP contribution >= 0.6 is 11.3 Å². The van der Waals surface area contributed by atoms with Crippen molar-refractivity contribution in [3.05, 3.63) is 39.9 Å². The molecule has 5 nitrogen and oxygen atoms in total. The first kappa shape index (κ1) is 14.3. The van der Waals surface area contributed by atoms with E-state index in [0.29, 0.717) is 0 Å². The number of hydrogen-bond acceptors (Lipinski definition) is 4. The minimum absolute atomic E-state index is 0.267. The maximum atomic E-state index is 4.63. The number of fused-ring (bicyclic) bond motifs is 1. The van der Waals surface area contributed by atoms with Gasteiger partial charge in [0.05, 0.1) is 17.6 Å². The van der Waals surface area contributed by atoms with Gasteiger partial charge in [0.2, 0.25) is 0 Å². The number of aryl methyl sites for hydroxylation is 3. The largest absolute Gasteiger partial charge is 0.304 e. The molecule has 1 N–H and O–H groups in total. The van der Waals surface area contributed by atoms with Crippen molar-refractivity contribution in [2.24, 2.45) is 7.05 Å². The Kier molecular flexibility index (Phi) is 3.59. The molecule has 1 atom stereocenters. The molecule has 3 aromatic heterocycles. The molecular formula is C15H21N5S. The number of hydrogen-bond donors (Lipinski definition) is 1. The van der Waals surface area contributed by atoms with E-state index in [0.717, 1.165) is 17.2 Å². The zero-order chi connectivity index (χ0) is 15.1. The summed E-state index contributed by atoms with van der Waals surface area (Å²) in [5.74, 6) is 0. The minimum atomic E-state index is 0.267. The molecule has 21 heavy (non-hydrogen) atoms. The first-order valence-electron chi connectivity index (χ1n) is 7.13. The molecule has 0 bridgehead atoms. The molecule has 0 saturated heterocycles. The van der Waals surface area contributed by atoms with Gasteiger partial charge >= 0.3 is 0 Å². The van der Waals surface area contributed by atoms with Gasteiger partial charge in [-0.1, -0.05) is 0 Å². The summed E-state index contributed by atoms with van der Waals surface area (Å²) in [6.07, 6.45) is 4.11. The van der Waals surface area contributed by atoms with Gasteiger partial charge in [0, 0.05) is 42.0 Å². The van der Waals surface area contributed by atoms with E-state index in [4.69, 9.17) is 0 Å². The molecule has 0 spiro atoms. The molecular weight excluding hydrogens is 282 g/mol. The molecule has 0 fully saturated rings. The fourth-order valence-corrected chi connectivity index (χ4v) is 3.51. The van der Waals surface area contributed by atoms with E-state index in [9.17, 15) is 0 Å². The second-order valence-corrected chi connectivity index (χ2v) is 6.76. The van der Waals surface area contributed by atoms with E-state index < -0.39 is 0 Å². The Hall–Kier alpha value is -1.66. The van der Waals surface area contributed by atoms with Crippen molar-refractivity contribution in [3.63, 3.8) is 0 Å². The molecule has 0 aliphatic rings. The van der Waals surface area contributed by atoms with Crippen molar-refractivity contribution in [2.45, 2.75) is 40.3 Å². The Morgan fingerprint density at radius 1 is 1.33 bits per heavy atom. The maximum absolute atomic E-state index is 4.63. The van der Waals surface area contributed by atoms with Gasteiger partial charge in [-0.3, -0.25) is 9.08 Å². The normalized spacial score (nSPS) is 13.2. The van der Waals surface area contributed by atoms with Gasteiger partial charge in [-0.05, 0) is 27.7 Å². The van der Waals surface area contributed by atoms with Gasteiger partial charge in [0.15, 0.2) is 4.96 Å². The molecule has 0 amide bonds. The first-order valence-corrected chi connectivity index (χ1v) is 7.95. The van der Waals surface area contributed by atoms with Crippen LogP contribution in [0.4, 0.5) is 0 Å². The number of nitrogens with one attached hydrogen (secondary N) is 1. The smallest absolute Gasteiger partial charge is 0.194 e. The van der Waals surface area contributed by atoms with E-state index in [1.807, 2.05) is 17.9 Å². The third-order valence-electron chi connectivity index (χ3n) is 4.06. The summed E-state index contributed by atoms with van der Waals surface area (Å²) in [5, 5.41) is 7.90. The lowest BCUT2D eigenvalue weighted by Gasteiger charge is -2.13. The quantitative estimate of drug-likeness (QED) is 0.806. The molecule has 6 heteroatoms. The Morgan fingerprint density at radius 2 is 2.10 bits per heavy atom. The summed E-state index contributed by atoms with van der Waals surface area (Å²) in [7, 11) is 1.98. The van der Waals surface area contributed by atoms with E-state index in [-0.39, 0.29) is 6.04 Å². The van der Waals surface area contributed by atoms with Crippen molar-refractivity contribution >= 4 is 16.3 Å². The highest BCUT2D eigenvalue weighted by molar-refractivity contribution is 7.17. The second-order valence-electron chi connectivity index (χ2n) is 5.55. The van der Waals surface area contributed by atoms with E-state index in [2.05, 4.69) is 53.7 Å². The maximum Gasteiger partial charge on any atom is 0.194 e. The van der Waals surface area contributed by atoms with Crippen LogP contribution in [-0.2, 0) is 13.6 Å². The van der Waals surface area contributed by atoms with E-state index in [1.165, 1.54) is 21.8 Å².